The molecule has 3 aromatic heterocycles. The highest BCUT2D eigenvalue weighted by atomic mass is 16.6. The van der Waals surface area contributed by atoms with Crippen LogP contribution in [-0.2, 0) is 4.79 Å². The Hall–Kier alpha value is -3.47. The Balaban J connectivity index is 1.40. The maximum Gasteiger partial charge on any atom is 0.372 e. The number of carbonyl (C=O) groups is 1. The Kier molecular flexibility index (Phi) is 4.65. The number of piperazine rings is 1. The topological polar surface area (TPSA) is 122 Å². The second-order valence-corrected chi connectivity index (χ2v) is 6.58. The molecule has 11 nitrogen and oxygen atoms in total. The molecule has 1 fully saturated rings. The molecule has 3 aromatic rings. The molecule has 146 valence electrons. The summed E-state index contributed by atoms with van der Waals surface area (Å²) in [5.41, 5.74) is 0.536. The van der Waals surface area contributed by atoms with Gasteiger partial charge in [-0.1, -0.05) is 11.2 Å². The first kappa shape index (κ1) is 17.9. The summed E-state index contributed by atoms with van der Waals surface area (Å²) >= 11 is 0. The highest BCUT2D eigenvalue weighted by Crippen LogP contribution is 2.29. The fourth-order valence-corrected chi connectivity index (χ4v) is 3.28. The monoisotopic (exact) mass is 385 g/mol. The van der Waals surface area contributed by atoms with Gasteiger partial charge >= 0.3 is 5.82 Å². The number of anilines is 2. The van der Waals surface area contributed by atoms with E-state index in [0.717, 1.165) is 0 Å². The third-order valence-electron chi connectivity index (χ3n) is 4.59. The molecule has 1 N–H and O–H groups in total. The Morgan fingerprint density at radius 1 is 1.32 bits per heavy atom. The fraction of sp³-hybridized carbons (Fsp3) is 0.353. The minimum atomic E-state index is -0.408. The van der Waals surface area contributed by atoms with Crippen LogP contribution in [0.25, 0.3) is 5.65 Å². The summed E-state index contributed by atoms with van der Waals surface area (Å²) in [7, 11) is 0. The first-order chi connectivity index (χ1) is 13.5. The van der Waals surface area contributed by atoms with Crippen LogP contribution in [0.15, 0.2) is 35.0 Å². The van der Waals surface area contributed by atoms with Gasteiger partial charge in [-0.05, 0) is 17.9 Å². The van der Waals surface area contributed by atoms with Crippen molar-refractivity contribution in [3.05, 3.63) is 46.3 Å². The quantitative estimate of drug-likeness (QED) is 0.515. The van der Waals surface area contributed by atoms with Gasteiger partial charge in [0.25, 0.3) is 0 Å². The van der Waals surface area contributed by atoms with Crippen molar-refractivity contribution in [3.63, 3.8) is 0 Å². The summed E-state index contributed by atoms with van der Waals surface area (Å²) in [6.45, 7) is 4.24. The molecular formula is C17H19N7O4. The number of aromatic nitrogens is 3. The van der Waals surface area contributed by atoms with E-state index in [-0.39, 0.29) is 18.3 Å². The number of hydrogen-bond acceptors (Lipinski definition) is 8. The number of imidazole rings is 1. The molecule has 1 saturated heterocycles. The molecule has 0 aromatic carbocycles. The van der Waals surface area contributed by atoms with Gasteiger partial charge in [0.15, 0.2) is 5.82 Å². The van der Waals surface area contributed by atoms with E-state index in [1.807, 2.05) is 9.80 Å². The third kappa shape index (κ3) is 3.51. The molecule has 28 heavy (non-hydrogen) atoms. The second kappa shape index (κ2) is 7.27. The van der Waals surface area contributed by atoms with Crippen LogP contribution in [-0.4, -0.2) is 63.0 Å². The van der Waals surface area contributed by atoms with Crippen molar-refractivity contribution in [3.8, 4) is 0 Å². The number of fused-ring (bicyclic) bond motifs is 1. The van der Waals surface area contributed by atoms with Crippen molar-refractivity contribution in [1.29, 1.82) is 0 Å². The maximum atomic E-state index is 12.1. The van der Waals surface area contributed by atoms with E-state index >= 15 is 0 Å². The summed E-state index contributed by atoms with van der Waals surface area (Å²) in [5.74, 6) is 1.15. The van der Waals surface area contributed by atoms with Crippen molar-refractivity contribution >= 4 is 29.0 Å². The van der Waals surface area contributed by atoms with Crippen molar-refractivity contribution in [2.24, 2.45) is 0 Å². The van der Waals surface area contributed by atoms with Gasteiger partial charge in [-0.15, -0.1) is 0 Å². The van der Waals surface area contributed by atoms with Crippen LogP contribution in [0.1, 0.15) is 5.76 Å². The van der Waals surface area contributed by atoms with Crippen LogP contribution >= 0.6 is 0 Å². The minimum absolute atomic E-state index is 0.0387. The number of rotatable bonds is 5. The highest BCUT2D eigenvalue weighted by molar-refractivity contribution is 5.91. The molecular weight excluding hydrogens is 366 g/mol. The number of carbonyl (C=O) groups excluding carboxylic acids is 1. The molecule has 0 bridgehead atoms. The fourth-order valence-electron chi connectivity index (χ4n) is 3.28. The average molecular weight is 385 g/mol. The molecule has 0 radical (unpaired) electrons. The zero-order valence-corrected chi connectivity index (χ0v) is 15.2. The number of hydrogen-bond donors (Lipinski definition) is 1. The lowest BCUT2D eigenvalue weighted by Crippen LogP contribution is -2.49. The van der Waals surface area contributed by atoms with Crippen molar-refractivity contribution in [2.75, 3.05) is 42.9 Å². The predicted octanol–water partition coefficient (Wildman–Crippen LogP) is 1.30. The molecule has 0 saturated carbocycles. The predicted molar refractivity (Wildman–Crippen MR) is 100 cm³/mol. The van der Waals surface area contributed by atoms with E-state index in [4.69, 9.17) is 4.52 Å². The first-order valence-corrected chi connectivity index (χ1v) is 8.83. The molecule has 1 aliphatic heterocycles. The van der Waals surface area contributed by atoms with E-state index in [1.165, 1.54) is 4.40 Å². The molecule has 1 amide bonds. The SMILES string of the molecule is Cc1cc(NC(=O)CN2CCN(c3nc4ccccn4c3[N+](=O)[O-])CC2)no1. The van der Waals surface area contributed by atoms with Crippen molar-refractivity contribution in [1.82, 2.24) is 19.4 Å². The Morgan fingerprint density at radius 3 is 2.79 bits per heavy atom. The summed E-state index contributed by atoms with van der Waals surface area (Å²) in [6, 6.07) is 6.92. The van der Waals surface area contributed by atoms with Crippen LogP contribution in [0, 0.1) is 17.0 Å². The van der Waals surface area contributed by atoms with Gasteiger partial charge < -0.3 is 24.9 Å². The molecule has 11 heteroatoms. The van der Waals surface area contributed by atoms with Gasteiger partial charge in [-0.25, -0.2) is 0 Å². The highest BCUT2D eigenvalue weighted by Gasteiger charge is 2.29. The molecule has 4 heterocycles. The van der Waals surface area contributed by atoms with Crippen molar-refractivity contribution in [2.45, 2.75) is 6.92 Å². The second-order valence-electron chi connectivity index (χ2n) is 6.58. The lowest BCUT2D eigenvalue weighted by Gasteiger charge is -2.33. The normalized spacial score (nSPS) is 15.1. The zero-order chi connectivity index (χ0) is 19.7. The van der Waals surface area contributed by atoms with Gasteiger partial charge in [0, 0.05) is 38.3 Å². The Labute approximate surface area is 159 Å². The zero-order valence-electron chi connectivity index (χ0n) is 15.2. The van der Waals surface area contributed by atoms with Crippen LogP contribution in [0.2, 0.25) is 0 Å². The third-order valence-corrected chi connectivity index (χ3v) is 4.59. The Bertz CT molecular complexity index is 1020. The van der Waals surface area contributed by atoms with Crippen LogP contribution in [0.5, 0.6) is 0 Å². The standard InChI is InChI=1S/C17H19N7O4/c1-12-10-13(20-28-12)18-15(25)11-21-6-8-22(9-7-21)16-17(24(26)27)23-5-3-2-4-14(23)19-16/h2-5,10H,6-9,11H2,1H3,(H,18,20,25). The number of amides is 1. The van der Waals surface area contributed by atoms with E-state index in [2.05, 4.69) is 15.5 Å². The largest absolute Gasteiger partial charge is 0.372 e. The lowest BCUT2D eigenvalue weighted by molar-refractivity contribution is -0.389. The summed E-state index contributed by atoms with van der Waals surface area (Å²) in [4.78, 5) is 31.6. The van der Waals surface area contributed by atoms with Gasteiger partial charge in [0.05, 0.1) is 12.7 Å². The van der Waals surface area contributed by atoms with Crippen LogP contribution in [0.3, 0.4) is 0 Å². The smallest absolute Gasteiger partial charge is 0.360 e. The number of nitrogens with one attached hydrogen (secondary N) is 1. The van der Waals surface area contributed by atoms with E-state index in [1.54, 1.807) is 37.4 Å². The first-order valence-electron chi connectivity index (χ1n) is 8.83. The van der Waals surface area contributed by atoms with Gasteiger partial charge in [-0.3, -0.25) is 9.69 Å². The maximum absolute atomic E-state index is 12.1. The summed E-state index contributed by atoms with van der Waals surface area (Å²) in [5, 5.41) is 18.0. The lowest BCUT2D eigenvalue weighted by atomic mass is 10.3. The van der Waals surface area contributed by atoms with E-state index < -0.39 is 4.92 Å². The van der Waals surface area contributed by atoms with Gasteiger partial charge in [0.1, 0.15) is 5.76 Å². The minimum Gasteiger partial charge on any atom is -0.360 e. The van der Waals surface area contributed by atoms with Crippen molar-refractivity contribution < 1.29 is 14.2 Å². The molecule has 0 unspecified atom stereocenters. The molecule has 0 aliphatic carbocycles. The van der Waals surface area contributed by atoms with Crippen LogP contribution in [0.4, 0.5) is 17.5 Å². The summed E-state index contributed by atoms with van der Waals surface area (Å²) < 4.78 is 6.41. The summed E-state index contributed by atoms with van der Waals surface area (Å²) in [6.07, 6.45) is 1.64. The van der Waals surface area contributed by atoms with E-state index in [0.29, 0.717) is 49.2 Å². The molecule has 1 aliphatic rings. The molecule has 0 spiro atoms. The Morgan fingerprint density at radius 2 is 2.11 bits per heavy atom. The number of pyridine rings is 1. The van der Waals surface area contributed by atoms with E-state index in [9.17, 15) is 14.9 Å². The number of aryl methyl sites for hydroxylation is 1. The van der Waals surface area contributed by atoms with Crippen LogP contribution < -0.4 is 10.2 Å². The van der Waals surface area contributed by atoms with Gasteiger partial charge in [-0.2, -0.15) is 9.38 Å². The average Bonchev–Trinajstić information content (AvgIpc) is 3.25. The molecule has 0 atom stereocenters. The molecule has 4 rings (SSSR count). The number of nitrogens with zero attached hydrogens (tertiary/aromatic N) is 6. The van der Waals surface area contributed by atoms with Gasteiger partial charge in [0.2, 0.25) is 17.4 Å². The number of nitro groups is 1.